The van der Waals surface area contributed by atoms with Crippen LogP contribution in [0.25, 0.3) is 0 Å². The molecule has 0 aliphatic heterocycles. The van der Waals surface area contributed by atoms with Crippen molar-refractivity contribution < 1.29 is 9.90 Å². The Bertz CT molecular complexity index is 360. The number of anilines is 1. The summed E-state index contributed by atoms with van der Waals surface area (Å²) in [4.78, 5) is 15.4. The summed E-state index contributed by atoms with van der Waals surface area (Å²) in [5, 5.41) is 16.9. The van der Waals surface area contributed by atoms with Gasteiger partial charge in [-0.3, -0.25) is 5.32 Å². The highest BCUT2D eigenvalue weighted by Crippen LogP contribution is 2.21. The molecule has 1 atom stereocenters. The molecule has 15 heavy (non-hydrogen) atoms. The predicted octanol–water partition coefficient (Wildman–Crippen LogP) is 1.48. The number of nitrogens with zero attached hydrogens (tertiary/aromatic N) is 1. The summed E-state index contributed by atoms with van der Waals surface area (Å²) in [6, 6.07) is 0.116. The molecule has 0 bridgehead atoms. The molecule has 0 radical (unpaired) electrons. The summed E-state index contributed by atoms with van der Waals surface area (Å²) in [5.74, 6) is 0. The molecule has 0 spiro atoms. The van der Waals surface area contributed by atoms with Gasteiger partial charge in [-0.25, -0.2) is 9.78 Å². The zero-order valence-electron chi connectivity index (χ0n) is 8.36. The van der Waals surface area contributed by atoms with Gasteiger partial charge in [-0.15, -0.1) is 11.3 Å². The van der Waals surface area contributed by atoms with E-state index >= 15 is 0 Å². The Hall–Kier alpha value is -1.14. The Balaban J connectivity index is 1.88. The van der Waals surface area contributed by atoms with Crippen LogP contribution in [0.15, 0.2) is 5.38 Å². The summed E-state index contributed by atoms with van der Waals surface area (Å²) < 4.78 is 0. The normalized spacial score (nSPS) is 17.2. The van der Waals surface area contributed by atoms with Gasteiger partial charge in [0.25, 0.3) is 0 Å². The molecule has 1 aromatic rings. The van der Waals surface area contributed by atoms with Gasteiger partial charge in [0.1, 0.15) is 0 Å². The molecule has 1 aromatic heterocycles. The summed E-state index contributed by atoms with van der Waals surface area (Å²) in [6.07, 6.45) is 1.53. The number of urea groups is 1. The second-order valence-corrected chi connectivity index (χ2v) is 4.48. The number of hydrogen-bond acceptors (Lipinski definition) is 4. The number of aromatic nitrogens is 1. The second-order valence-electron chi connectivity index (χ2n) is 3.63. The largest absolute Gasteiger partial charge is 0.387 e. The lowest BCUT2D eigenvalue weighted by Gasteiger charge is -2.02. The van der Waals surface area contributed by atoms with E-state index in [1.165, 1.54) is 11.3 Å². The van der Waals surface area contributed by atoms with Gasteiger partial charge in [0, 0.05) is 11.4 Å². The van der Waals surface area contributed by atoms with Crippen LogP contribution in [0.1, 0.15) is 31.6 Å². The Morgan fingerprint density at radius 1 is 1.73 bits per heavy atom. The highest BCUT2D eigenvalue weighted by Gasteiger charge is 2.23. The van der Waals surface area contributed by atoms with Crippen molar-refractivity contribution in [2.75, 3.05) is 5.32 Å². The molecule has 3 N–H and O–H groups in total. The molecule has 5 nitrogen and oxygen atoms in total. The average molecular weight is 227 g/mol. The molecular weight excluding hydrogens is 214 g/mol. The number of hydrogen-bond donors (Lipinski definition) is 3. The summed E-state index contributed by atoms with van der Waals surface area (Å²) in [6.45, 7) is 1.64. The third-order valence-electron chi connectivity index (χ3n) is 2.08. The second kappa shape index (κ2) is 4.16. The Morgan fingerprint density at radius 3 is 3.00 bits per heavy atom. The standard InChI is InChI=1S/C9H13N3O2S/c1-5(13)7-4-15-9(11-7)12-8(14)10-6-2-3-6/h4-6,13H,2-3H2,1H3,(H2,10,11,12,14). The van der Waals surface area contributed by atoms with Crippen molar-refractivity contribution in [2.45, 2.75) is 31.9 Å². The van der Waals surface area contributed by atoms with Crippen LogP contribution in [0, 0.1) is 0 Å². The van der Waals surface area contributed by atoms with Gasteiger partial charge < -0.3 is 10.4 Å². The van der Waals surface area contributed by atoms with Crippen LogP contribution in [0.4, 0.5) is 9.93 Å². The average Bonchev–Trinajstić information content (AvgIpc) is 2.82. The molecule has 1 aliphatic carbocycles. The van der Waals surface area contributed by atoms with Gasteiger partial charge in [0.15, 0.2) is 5.13 Å². The maximum absolute atomic E-state index is 11.3. The third kappa shape index (κ3) is 2.90. The molecule has 0 aromatic carbocycles. The van der Waals surface area contributed by atoms with Crippen LogP contribution in [-0.4, -0.2) is 22.2 Å². The fraction of sp³-hybridized carbons (Fsp3) is 0.556. The van der Waals surface area contributed by atoms with Crippen molar-refractivity contribution in [3.05, 3.63) is 11.1 Å². The van der Waals surface area contributed by atoms with E-state index in [4.69, 9.17) is 0 Å². The van der Waals surface area contributed by atoms with Gasteiger partial charge in [-0.1, -0.05) is 0 Å². The van der Waals surface area contributed by atoms with E-state index in [1.807, 2.05) is 0 Å². The molecule has 1 fully saturated rings. The zero-order valence-corrected chi connectivity index (χ0v) is 9.17. The van der Waals surface area contributed by atoms with Crippen LogP contribution >= 0.6 is 11.3 Å². The lowest BCUT2D eigenvalue weighted by atomic mass is 10.3. The van der Waals surface area contributed by atoms with Crippen LogP contribution in [0.3, 0.4) is 0 Å². The molecule has 1 heterocycles. The first kappa shape index (κ1) is 10.4. The van der Waals surface area contributed by atoms with Gasteiger partial charge in [0.05, 0.1) is 11.8 Å². The molecular formula is C9H13N3O2S. The van der Waals surface area contributed by atoms with E-state index < -0.39 is 6.10 Å². The molecule has 2 rings (SSSR count). The molecule has 2 amide bonds. The van der Waals surface area contributed by atoms with E-state index in [-0.39, 0.29) is 6.03 Å². The summed E-state index contributed by atoms with van der Waals surface area (Å²) in [5.41, 5.74) is 0.585. The van der Waals surface area contributed by atoms with E-state index in [9.17, 15) is 9.90 Å². The van der Waals surface area contributed by atoms with Crippen molar-refractivity contribution >= 4 is 22.5 Å². The minimum Gasteiger partial charge on any atom is -0.387 e. The number of nitrogens with one attached hydrogen (secondary N) is 2. The number of aliphatic hydroxyl groups is 1. The van der Waals surface area contributed by atoms with Crippen molar-refractivity contribution in [1.82, 2.24) is 10.3 Å². The van der Waals surface area contributed by atoms with Crippen LogP contribution in [0.5, 0.6) is 0 Å². The topological polar surface area (TPSA) is 74.2 Å². The maximum Gasteiger partial charge on any atom is 0.321 e. The zero-order chi connectivity index (χ0) is 10.8. The minimum atomic E-state index is -0.594. The highest BCUT2D eigenvalue weighted by molar-refractivity contribution is 7.13. The van der Waals surface area contributed by atoms with Crippen LogP contribution in [-0.2, 0) is 0 Å². The minimum absolute atomic E-state index is 0.219. The van der Waals surface area contributed by atoms with Crippen LogP contribution in [0.2, 0.25) is 0 Å². The first-order valence-electron chi connectivity index (χ1n) is 4.86. The van der Waals surface area contributed by atoms with E-state index in [2.05, 4.69) is 15.6 Å². The van der Waals surface area contributed by atoms with Crippen molar-refractivity contribution in [2.24, 2.45) is 0 Å². The number of aliphatic hydroxyl groups excluding tert-OH is 1. The molecule has 0 saturated heterocycles. The quantitative estimate of drug-likeness (QED) is 0.732. The maximum atomic E-state index is 11.3. The monoisotopic (exact) mass is 227 g/mol. The summed E-state index contributed by atoms with van der Waals surface area (Å²) >= 11 is 1.31. The van der Waals surface area contributed by atoms with E-state index in [1.54, 1.807) is 12.3 Å². The Morgan fingerprint density at radius 2 is 2.47 bits per heavy atom. The van der Waals surface area contributed by atoms with Crippen LogP contribution < -0.4 is 10.6 Å². The van der Waals surface area contributed by atoms with Crippen molar-refractivity contribution in [1.29, 1.82) is 0 Å². The lowest BCUT2D eigenvalue weighted by Crippen LogP contribution is -2.30. The fourth-order valence-corrected chi connectivity index (χ4v) is 1.87. The SMILES string of the molecule is CC(O)c1csc(NC(=O)NC2CC2)n1. The van der Waals surface area contributed by atoms with E-state index in [0.29, 0.717) is 16.9 Å². The van der Waals surface area contributed by atoms with Crippen molar-refractivity contribution in [3.8, 4) is 0 Å². The van der Waals surface area contributed by atoms with Gasteiger partial charge >= 0.3 is 6.03 Å². The number of carbonyl (C=O) groups excluding carboxylic acids is 1. The van der Waals surface area contributed by atoms with Crippen molar-refractivity contribution in [3.63, 3.8) is 0 Å². The molecule has 6 heteroatoms. The van der Waals surface area contributed by atoms with Gasteiger partial charge in [0.2, 0.25) is 0 Å². The fourth-order valence-electron chi connectivity index (χ4n) is 1.08. The summed E-state index contributed by atoms with van der Waals surface area (Å²) in [7, 11) is 0. The van der Waals surface area contributed by atoms with Gasteiger partial charge in [-0.05, 0) is 19.8 Å². The first-order valence-corrected chi connectivity index (χ1v) is 5.74. The number of rotatable bonds is 3. The number of thiazole rings is 1. The number of carbonyl (C=O) groups is 1. The number of amides is 2. The van der Waals surface area contributed by atoms with Gasteiger partial charge in [-0.2, -0.15) is 0 Å². The molecule has 1 saturated carbocycles. The first-order chi connectivity index (χ1) is 7.15. The molecule has 82 valence electrons. The molecule has 1 aliphatic rings. The smallest absolute Gasteiger partial charge is 0.321 e. The lowest BCUT2D eigenvalue weighted by molar-refractivity contribution is 0.195. The third-order valence-corrected chi connectivity index (χ3v) is 2.86. The highest BCUT2D eigenvalue weighted by atomic mass is 32.1. The molecule has 1 unspecified atom stereocenters. The Labute approximate surface area is 91.5 Å². The van der Waals surface area contributed by atoms with E-state index in [0.717, 1.165) is 12.8 Å². The predicted molar refractivity (Wildman–Crippen MR) is 57.9 cm³/mol. The Kier molecular flexibility index (Phi) is 2.88.